The van der Waals surface area contributed by atoms with E-state index in [0.29, 0.717) is 6.04 Å². The van der Waals surface area contributed by atoms with Crippen LogP contribution in [0.2, 0.25) is 0 Å². The quantitative estimate of drug-likeness (QED) is 0.689. The average Bonchev–Trinajstić information content (AvgIpc) is 2.39. The number of carbonyl (C=O) groups excluding carboxylic acids is 1. The number of hydrogen-bond donors (Lipinski definition) is 1. The first-order valence-electron chi connectivity index (χ1n) is 6.52. The normalized spacial score (nSPS) is 25.2. The summed E-state index contributed by atoms with van der Waals surface area (Å²) < 4.78 is 0. The topological polar surface area (TPSA) is 47.0 Å². The number of nitrogens with zero attached hydrogens (tertiary/aromatic N) is 3. The third-order valence-corrected chi connectivity index (χ3v) is 4.01. The fourth-order valence-corrected chi connectivity index (χ4v) is 2.80. The lowest BCUT2D eigenvalue weighted by Crippen LogP contribution is -2.54. The Morgan fingerprint density at radius 3 is 2.24 bits per heavy atom. The van der Waals surface area contributed by atoms with Crippen LogP contribution in [-0.4, -0.2) is 84.7 Å². The molecule has 2 heterocycles. The zero-order valence-electron chi connectivity index (χ0n) is 10.6. The number of aliphatic hydroxyl groups is 1. The minimum atomic E-state index is -0.353. The lowest BCUT2D eigenvalue weighted by Gasteiger charge is -2.42. The maximum atomic E-state index is 11.3. The van der Waals surface area contributed by atoms with Crippen molar-refractivity contribution in [2.75, 3.05) is 52.9 Å². The summed E-state index contributed by atoms with van der Waals surface area (Å²) in [5.41, 5.74) is 0. The van der Waals surface area contributed by atoms with Gasteiger partial charge in [-0.1, -0.05) is 0 Å². The molecule has 0 aromatic heterocycles. The van der Waals surface area contributed by atoms with Crippen LogP contribution in [0.25, 0.3) is 0 Å². The number of piperidine rings is 1. The standard InChI is InChI=1S/C12H23N3O2/c1-13-4-2-11(3-5-13)14-6-8-15(9-7-14)12(17)10-16/h11,16H,2-10H2,1H3. The van der Waals surface area contributed by atoms with E-state index in [1.165, 1.54) is 25.9 Å². The molecule has 17 heavy (non-hydrogen) atoms. The molecule has 2 rings (SSSR count). The molecule has 0 saturated carbocycles. The van der Waals surface area contributed by atoms with Crippen LogP contribution in [0.4, 0.5) is 0 Å². The van der Waals surface area contributed by atoms with Crippen molar-refractivity contribution >= 4 is 5.91 Å². The van der Waals surface area contributed by atoms with Gasteiger partial charge >= 0.3 is 0 Å². The van der Waals surface area contributed by atoms with Crippen LogP contribution in [0.15, 0.2) is 0 Å². The summed E-state index contributed by atoms with van der Waals surface area (Å²) >= 11 is 0. The molecule has 0 radical (unpaired) electrons. The molecule has 0 atom stereocenters. The molecule has 5 nitrogen and oxygen atoms in total. The second-order valence-corrected chi connectivity index (χ2v) is 5.11. The number of amides is 1. The van der Waals surface area contributed by atoms with Gasteiger partial charge in [0.1, 0.15) is 6.61 Å². The molecule has 2 aliphatic rings. The molecule has 5 heteroatoms. The van der Waals surface area contributed by atoms with Crippen LogP contribution in [0.3, 0.4) is 0 Å². The molecule has 2 aliphatic heterocycles. The van der Waals surface area contributed by atoms with Crippen LogP contribution in [0.1, 0.15) is 12.8 Å². The average molecular weight is 241 g/mol. The van der Waals surface area contributed by atoms with Gasteiger partial charge in [0.25, 0.3) is 0 Å². The van der Waals surface area contributed by atoms with Crippen molar-refractivity contribution in [1.29, 1.82) is 0 Å². The van der Waals surface area contributed by atoms with Crippen LogP contribution in [0, 0.1) is 0 Å². The van der Waals surface area contributed by atoms with E-state index >= 15 is 0 Å². The first-order valence-corrected chi connectivity index (χ1v) is 6.52. The Morgan fingerprint density at radius 2 is 1.71 bits per heavy atom. The molecule has 0 aromatic rings. The Kier molecular flexibility index (Phi) is 4.36. The van der Waals surface area contributed by atoms with E-state index in [0.717, 1.165) is 26.2 Å². The second-order valence-electron chi connectivity index (χ2n) is 5.11. The summed E-state index contributed by atoms with van der Waals surface area (Å²) in [5.74, 6) is -0.131. The highest BCUT2D eigenvalue weighted by atomic mass is 16.3. The molecule has 2 fully saturated rings. The van der Waals surface area contributed by atoms with Gasteiger partial charge in [-0.25, -0.2) is 0 Å². The van der Waals surface area contributed by atoms with E-state index in [9.17, 15) is 4.79 Å². The molecule has 2 saturated heterocycles. The van der Waals surface area contributed by atoms with Crippen molar-refractivity contribution in [1.82, 2.24) is 14.7 Å². The summed E-state index contributed by atoms with van der Waals surface area (Å²) in [6, 6.07) is 0.692. The van der Waals surface area contributed by atoms with Gasteiger partial charge in [0.2, 0.25) is 5.91 Å². The molecular formula is C12H23N3O2. The minimum Gasteiger partial charge on any atom is -0.387 e. The van der Waals surface area contributed by atoms with Gasteiger partial charge in [0.05, 0.1) is 0 Å². The summed E-state index contributed by atoms with van der Waals surface area (Å²) in [7, 11) is 2.17. The van der Waals surface area contributed by atoms with Gasteiger partial charge in [-0.3, -0.25) is 9.69 Å². The molecule has 0 bridgehead atoms. The highest BCUT2D eigenvalue weighted by Gasteiger charge is 2.27. The number of likely N-dealkylation sites (tertiary alicyclic amines) is 1. The molecule has 0 unspecified atom stereocenters. The first-order chi connectivity index (χ1) is 8.20. The SMILES string of the molecule is CN1CCC(N2CCN(C(=O)CO)CC2)CC1. The van der Waals surface area contributed by atoms with E-state index in [1.54, 1.807) is 4.90 Å². The van der Waals surface area contributed by atoms with Gasteiger partial charge in [-0.2, -0.15) is 0 Å². The highest BCUT2D eigenvalue weighted by Crippen LogP contribution is 2.17. The fraction of sp³-hybridized carbons (Fsp3) is 0.917. The maximum absolute atomic E-state index is 11.3. The predicted molar refractivity (Wildman–Crippen MR) is 65.8 cm³/mol. The smallest absolute Gasteiger partial charge is 0.248 e. The molecular weight excluding hydrogens is 218 g/mol. The van der Waals surface area contributed by atoms with E-state index in [2.05, 4.69) is 16.8 Å². The Bertz CT molecular complexity index is 256. The van der Waals surface area contributed by atoms with Gasteiger partial charge in [0.15, 0.2) is 0 Å². The number of carbonyl (C=O) groups is 1. The van der Waals surface area contributed by atoms with E-state index in [1.807, 2.05) is 0 Å². The summed E-state index contributed by atoms with van der Waals surface area (Å²) in [6.45, 7) is 5.47. The third kappa shape index (κ3) is 3.18. The second kappa shape index (κ2) is 5.80. The van der Waals surface area contributed by atoms with Crippen molar-refractivity contribution in [3.05, 3.63) is 0 Å². The van der Waals surface area contributed by atoms with Crippen LogP contribution in [-0.2, 0) is 4.79 Å². The van der Waals surface area contributed by atoms with Crippen molar-refractivity contribution in [2.24, 2.45) is 0 Å². The maximum Gasteiger partial charge on any atom is 0.248 e. The summed E-state index contributed by atoms with van der Waals surface area (Å²) in [4.78, 5) is 18.0. The van der Waals surface area contributed by atoms with Crippen molar-refractivity contribution in [3.8, 4) is 0 Å². The zero-order valence-corrected chi connectivity index (χ0v) is 10.6. The largest absolute Gasteiger partial charge is 0.387 e. The van der Waals surface area contributed by atoms with Gasteiger partial charge in [0, 0.05) is 32.2 Å². The van der Waals surface area contributed by atoms with E-state index in [-0.39, 0.29) is 12.5 Å². The molecule has 1 amide bonds. The first kappa shape index (κ1) is 12.8. The molecule has 1 N–H and O–H groups in total. The van der Waals surface area contributed by atoms with E-state index < -0.39 is 0 Å². The molecule has 0 aromatic carbocycles. The van der Waals surface area contributed by atoms with Crippen LogP contribution < -0.4 is 0 Å². The van der Waals surface area contributed by atoms with Crippen molar-refractivity contribution in [2.45, 2.75) is 18.9 Å². The predicted octanol–water partition coefficient (Wildman–Crippen LogP) is -0.783. The molecule has 0 spiro atoms. The van der Waals surface area contributed by atoms with E-state index in [4.69, 9.17) is 5.11 Å². The van der Waals surface area contributed by atoms with Crippen LogP contribution >= 0.6 is 0 Å². The van der Waals surface area contributed by atoms with Crippen LogP contribution in [0.5, 0.6) is 0 Å². The number of rotatable bonds is 2. The summed E-state index contributed by atoms with van der Waals surface area (Å²) in [5, 5.41) is 8.82. The number of aliphatic hydroxyl groups excluding tert-OH is 1. The number of hydrogen-bond acceptors (Lipinski definition) is 4. The van der Waals surface area contributed by atoms with Gasteiger partial charge in [-0.15, -0.1) is 0 Å². The highest BCUT2D eigenvalue weighted by molar-refractivity contribution is 5.77. The Labute approximate surface area is 103 Å². The zero-order chi connectivity index (χ0) is 12.3. The summed E-state index contributed by atoms with van der Waals surface area (Å²) in [6.07, 6.45) is 2.48. The van der Waals surface area contributed by atoms with Crippen molar-refractivity contribution in [3.63, 3.8) is 0 Å². The van der Waals surface area contributed by atoms with Gasteiger partial charge < -0.3 is 14.9 Å². The minimum absolute atomic E-state index is 0.131. The third-order valence-electron chi connectivity index (χ3n) is 4.01. The Hall–Kier alpha value is -0.650. The monoisotopic (exact) mass is 241 g/mol. The fourth-order valence-electron chi connectivity index (χ4n) is 2.80. The molecule has 98 valence electrons. The van der Waals surface area contributed by atoms with Crippen molar-refractivity contribution < 1.29 is 9.90 Å². The lowest BCUT2D eigenvalue weighted by molar-refractivity contribution is -0.136. The van der Waals surface area contributed by atoms with Gasteiger partial charge in [-0.05, 0) is 33.0 Å². The molecule has 0 aliphatic carbocycles. The number of piperazine rings is 1. The Morgan fingerprint density at radius 1 is 1.12 bits per heavy atom. The lowest BCUT2D eigenvalue weighted by atomic mass is 10.0. The Balaban J connectivity index is 1.77.